The molecule has 9 heteroatoms. The molecule has 0 fully saturated rings. The number of carbonyl (C=O) groups excluding carboxylic acids is 2. The molecule has 0 spiro atoms. The molecule has 0 unspecified atom stereocenters. The van der Waals surface area contributed by atoms with E-state index in [1.54, 1.807) is 24.3 Å². The number of aryl methyl sites for hydroxylation is 1. The number of halogens is 1. The van der Waals surface area contributed by atoms with E-state index < -0.39 is 11.8 Å². The first-order valence-electron chi connectivity index (χ1n) is 9.33. The smallest absolute Gasteiger partial charge is 0.276 e. The monoisotopic (exact) mass is 493 g/mol. The SMILES string of the molecule is CCCOc1ccc(Br)cc1C(=O)NC(=S)NNC(=O)COc1cccc(C)c1C. The molecule has 0 aliphatic heterocycles. The van der Waals surface area contributed by atoms with Crippen LogP contribution in [0.2, 0.25) is 0 Å². The lowest BCUT2D eigenvalue weighted by atomic mass is 10.1. The molecule has 7 nitrogen and oxygen atoms in total. The Bertz CT molecular complexity index is 936. The fourth-order valence-corrected chi connectivity index (χ4v) is 2.91. The van der Waals surface area contributed by atoms with E-state index >= 15 is 0 Å². The molecule has 0 aliphatic carbocycles. The molecule has 3 N–H and O–H groups in total. The maximum Gasteiger partial charge on any atom is 0.276 e. The molecular formula is C21H24BrN3O4S. The van der Waals surface area contributed by atoms with Crippen LogP contribution in [-0.2, 0) is 4.79 Å². The molecule has 0 saturated heterocycles. The highest BCUT2D eigenvalue weighted by Gasteiger charge is 2.15. The minimum Gasteiger partial charge on any atom is -0.493 e. The van der Waals surface area contributed by atoms with Gasteiger partial charge in [0.15, 0.2) is 11.7 Å². The van der Waals surface area contributed by atoms with Crippen LogP contribution in [-0.4, -0.2) is 30.1 Å². The average Bonchev–Trinajstić information content (AvgIpc) is 2.72. The Balaban J connectivity index is 1.85. The minimum absolute atomic E-state index is 0.0542. The number of hydrogen-bond donors (Lipinski definition) is 3. The summed E-state index contributed by atoms with van der Waals surface area (Å²) >= 11 is 8.42. The predicted molar refractivity (Wildman–Crippen MR) is 123 cm³/mol. The highest BCUT2D eigenvalue weighted by Crippen LogP contribution is 2.23. The van der Waals surface area contributed by atoms with Gasteiger partial charge in [-0.2, -0.15) is 0 Å². The van der Waals surface area contributed by atoms with Crippen LogP contribution in [0.15, 0.2) is 40.9 Å². The summed E-state index contributed by atoms with van der Waals surface area (Å²) in [6.07, 6.45) is 0.813. The van der Waals surface area contributed by atoms with Gasteiger partial charge in [0.2, 0.25) is 0 Å². The molecule has 0 aromatic heterocycles. The molecule has 0 bridgehead atoms. The van der Waals surface area contributed by atoms with Gasteiger partial charge in [-0.05, 0) is 67.9 Å². The van der Waals surface area contributed by atoms with Gasteiger partial charge < -0.3 is 9.47 Å². The lowest BCUT2D eigenvalue weighted by molar-refractivity contribution is -0.123. The summed E-state index contributed by atoms with van der Waals surface area (Å²) < 4.78 is 11.9. The van der Waals surface area contributed by atoms with Crippen molar-refractivity contribution in [3.63, 3.8) is 0 Å². The first-order valence-corrected chi connectivity index (χ1v) is 10.5. The van der Waals surface area contributed by atoms with Crippen LogP contribution in [0.1, 0.15) is 34.8 Å². The first kappa shape index (κ1) is 23.6. The number of benzene rings is 2. The average molecular weight is 494 g/mol. The number of rotatable bonds is 7. The summed E-state index contributed by atoms with van der Waals surface area (Å²) in [7, 11) is 0. The minimum atomic E-state index is -0.458. The molecule has 160 valence electrons. The maximum atomic E-state index is 12.5. The van der Waals surface area contributed by atoms with E-state index in [2.05, 4.69) is 32.1 Å². The molecule has 2 aromatic carbocycles. The highest BCUT2D eigenvalue weighted by atomic mass is 79.9. The second-order valence-corrected chi connectivity index (χ2v) is 7.76. The molecule has 2 aromatic rings. The van der Waals surface area contributed by atoms with Gasteiger partial charge in [0.05, 0.1) is 12.2 Å². The first-order chi connectivity index (χ1) is 14.3. The number of nitrogens with one attached hydrogen (secondary N) is 3. The fourth-order valence-electron chi connectivity index (χ4n) is 2.41. The third kappa shape index (κ3) is 7.00. The van der Waals surface area contributed by atoms with Crippen molar-refractivity contribution in [2.75, 3.05) is 13.2 Å². The zero-order valence-corrected chi connectivity index (χ0v) is 19.4. The number of hydrazine groups is 1. The predicted octanol–water partition coefficient (Wildman–Crippen LogP) is 3.57. The van der Waals surface area contributed by atoms with E-state index in [1.165, 1.54) is 0 Å². The quantitative estimate of drug-likeness (QED) is 0.403. The lowest BCUT2D eigenvalue weighted by Crippen LogP contribution is -2.49. The molecule has 0 aliphatic rings. The van der Waals surface area contributed by atoms with Crippen LogP contribution in [0, 0.1) is 13.8 Å². The molecule has 0 atom stereocenters. The van der Waals surface area contributed by atoms with Gasteiger partial charge in [0, 0.05) is 4.47 Å². The van der Waals surface area contributed by atoms with Gasteiger partial charge >= 0.3 is 0 Å². The molecule has 0 heterocycles. The van der Waals surface area contributed by atoms with Crippen molar-refractivity contribution in [2.24, 2.45) is 0 Å². The van der Waals surface area contributed by atoms with Crippen molar-refractivity contribution < 1.29 is 19.1 Å². The largest absolute Gasteiger partial charge is 0.493 e. The topological polar surface area (TPSA) is 88.7 Å². The van der Waals surface area contributed by atoms with E-state index in [0.717, 1.165) is 22.0 Å². The van der Waals surface area contributed by atoms with E-state index in [4.69, 9.17) is 21.7 Å². The normalized spacial score (nSPS) is 10.1. The van der Waals surface area contributed by atoms with Gasteiger partial charge in [-0.25, -0.2) is 0 Å². The van der Waals surface area contributed by atoms with Crippen LogP contribution < -0.4 is 25.6 Å². The molecule has 30 heavy (non-hydrogen) atoms. The van der Waals surface area contributed by atoms with Crippen molar-refractivity contribution in [2.45, 2.75) is 27.2 Å². The van der Waals surface area contributed by atoms with Crippen molar-refractivity contribution in [3.8, 4) is 11.5 Å². The Morgan fingerprint density at radius 3 is 2.57 bits per heavy atom. The van der Waals surface area contributed by atoms with Crippen LogP contribution in [0.5, 0.6) is 11.5 Å². The summed E-state index contributed by atoms with van der Waals surface area (Å²) in [4.78, 5) is 24.5. The Morgan fingerprint density at radius 1 is 1.07 bits per heavy atom. The van der Waals surface area contributed by atoms with Crippen LogP contribution >= 0.6 is 28.1 Å². The number of hydrogen-bond acceptors (Lipinski definition) is 5. The van der Waals surface area contributed by atoms with Crippen LogP contribution in [0.3, 0.4) is 0 Å². The van der Waals surface area contributed by atoms with E-state index in [-0.39, 0.29) is 11.7 Å². The summed E-state index contributed by atoms with van der Waals surface area (Å²) in [6, 6.07) is 10.8. The van der Waals surface area contributed by atoms with Gasteiger partial charge in [0.1, 0.15) is 11.5 Å². The molecular weight excluding hydrogens is 470 g/mol. The van der Waals surface area contributed by atoms with Crippen molar-refractivity contribution in [3.05, 3.63) is 57.6 Å². The van der Waals surface area contributed by atoms with Crippen LogP contribution in [0.4, 0.5) is 0 Å². The second-order valence-electron chi connectivity index (χ2n) is 6.43. The number of thiocarbonyl (C=S) groups is 1. The van der Waals surface area contributed by atoms with Gasteiger partial charge in [0.25, 0.3) is 11.8 Å². The van der Waals surface area contributed by atoms with Gasteiger partial charge in [-0.15, -0.1) is 0 Å². The van der Waals surface area contributed by atoms with E-state index in [1.807, 2.05) is 32.9 Å². The summed E-state index contributed by atoms with van der Waals surface area (Å²) in [5.41, 5.74) is 7.25. The summed E-state index contributed by atoms with van der Waals surface area (Å²) in [6.45, 7) is 6.15. The zero-order valence-electron chi connectivity index (χ0n) is 17.0. The fraction of sp³-hybridized carbons (Fsp3) is 0.286. The van der Waals surface area contributed by atoms with E-state index in [0.29, 0.717) is 23.7 Å². The Labute approximate surface area is 189 Å². The second kappa shape index (κ2) is 11.5. The zero-order chi connectivity index (χ0) is 22.1. The van der Waals surface area contributed by atoms with Gasteiger partial charge in [-0.3, -0.25) is 25.8 Å². The Morgan fingerprint density at radius 2 is 1.83 bits per heavy atom. The van der Waals surface area contributed by atoms with Crippen LogP contribution in [0.25, 0.3) is 0 Å². The number of ether oxygens (including phenoxy) is 2. The molecule has 2 rings (SSSR count). The molecule has 0 radical (unpaired) electrons. The Kier molecular flexibility index (Phi) is 9.07. The molecule has 2 amide bonds. The third-order valence-corrected chi connectivity index (χ3v) is 4.80. The number of amides is 2. The van der Waals surface area contributed by atoms with Crippen molar-refractivity contribution >= 4 is 45.1 Å². The van der Waals surface area contributed by atoms with E-state index in [9.17, 15) is 9.59 Å². The number of carbonyl (C=O) groups is 2. The summed E-state index contributed by atoms with van der Waals surface area (Å²) in [5, 5.41) is 2.46. The summed E-state index contributed by atoms with van der Waals surface area (Å²) in [5.74, 6) is 0.185. The Hall–Kier alpha value is -2.65. The maximum absolute atomic E-state index is 12.5. The van der Waals surface area contributed by atoms with Crippen molar-refractivity contribution in [1.29, 1.82) is 0 Å². The standard InChI is InChI=1S/C21H24BrN3O4S/c1-4-10-28-18-9-8-15(22)11-16(18)20(27)23-21(30)25-24-19(26)12-29-17-7-5-6-13(2)14(17)3/h5-9,11H,4,10,12H2,1-3H3,(H,24,26)(H2,23,25,27,30). The third-order valence-electron chi connectivity index (χ3n) is 4.10. The van der Waals surface area contributed by atoms with Crippen molar-refractivity contribution in [1.82, 2.24) is 16.2 Å². The highest BCUT2D eigenvalue weighted by molar-refractivity contribution is 9.10. The molecule has 0 saturated carbocycles. The lowest BCUT2D eigenvalue weighted by Gasteiger charge is -2.14. The van der Waals surface area contributed by atoms with Gasteiger partial charge in [-0.1, -0.05) is 35.0 Å².